The molecule has 0 bridgehead atoms. The molecule has 0 unspecified atom stereocenters. The molecule has 1 N–H and O–H groups in total. The Bertz CT molecular complexity index is 796. The van der Waals surface area contributed by atoms with Crippen LogP contribution in [0.5, 0.6) is 11.5 Å². The highest BCUT2D eigenvalue weighted by Gasteiger charge is 2.30. The van der Waals surface area contributed by atoms with E-state index in [4.69, 9.17) is 16.3 Å². The van der Waals surface area contributed by atoms with Gasteiger partial charge in [-0.3, -0.25) is 9.59 Å². The molecule has 1 amide bonds. The van der Waals surface area contributed by atoms with Crippen molar-refractivity contribution in [2.45, 2.75) is 25.9 Å². The van der Waals surface area contributed by atoms with E-state index >= 15 is 0 Å². The Labute approximate surface area is 163 Å². The van der Waals surface area contributed by atoms with Crippen molar-refractivity contribution >= 4 is 23.3 Å². The summed E-state index contributed by atoms with van der Waals surface area (Å²) in [6, 6.07) is 13.2. The van der Waals surface area contributed by atoms with Gasteiger partial charge in [0.05, 0.1) is 0 Å². The monoisotopic (exact) mass is 387 g/mol. The summed E-state index contributed by atoms with van der Waals surface area (Å²) in [5.74, 6) is 0.610. The summed E-state index contributed by atoms with van der Waals surface area (Å²) in [6.07, 6.45) is 0.647. The predicted octanol–water partition coefficient (Wildman–Crippen LogP) is 3.93. The summed E-state index contributed by atoms with van der Waals surface area (Å²) in [5, 5.41) is 9.95. The van der Waals surface area contributed by atoms with Crippen LogP contribution in [-0.4, -0.2) is 40.9 Å². The molecule has 0 spiro atoms. The number of carbonyl (C=O) groups excluding carboxylic acids is 2. The summed E-state index contributed by atoms with van der Waals surface area (Å²) < 4.78 is 5.70. The molecule has 1 heterocycles. The first-order chi connectivity index (χ1) is 12.9. The molecule has 0 radical (unpaired) electrons. The van der Waals surface area contributed by atoms with Gasteiger partial charge in [-0.05, 0) is 68.3 Å². The van der Waals surface area contributed by atoms with E-state index in [0.717, 1.165) is 0 Å². The van der Waals surface area contributed by atoms with Gasteiger partial charge in [0.2, 0.25) is 0 Å². The number of rotatable bonds is 5. The lowest BCUT2D eigenvalue weighted by atomic mass is 9.88. The highest BCUT2D eigenvalue weighted by Crippen LogP contribution is 2.24. The summed E-state index contributed by atoms with van der Waals surface area (Å²) in [5.41, 5.74) is 0.594. The molecule has 0 aliphatic carbocycles. The molecule has 1 atom stereocenters. The normalized spacial score (nSPS) is 16.0. The Hall–Kier alpha value is -2.53. The molecule has 1 aliphatic heterocycles. The minimum absolute atomic E-state index is 0.0626. The first-order valence-corrected chi connectivity index (χ1v) is 9.36. The third kappa shape index (κ3) is 4.80. The smallest absolute Gasteiger partial charge is 0.263 e. The van der Waals surface area contributed by atoms with Crippen LogP contribution >= 0.6 is 11.6 Å². The van der Waals surface area contributed by atoms with Crippen LogP contribution in [0, 0.1) is 5.92 Å². The van der Waals surface area contributed by atoms with Gasteiger partial charge in [-0.2, -0.15) is 0 Å². The molecular formula is C21H22ClNO4. The van der Waals surface area contributed by atoms with Crippen molar-refractivity contribution in [3.8, 4) is 11.5 Å². The molecule has 5 nitrogen and oxygen atoms in total. The van der Waals surface area contributed by atoms with Crippen LogP contribution in [0.3, 0.4) is 0 Å². The van der Waals surface area contributed by atoms with E-state index in [9.17, 15) is 14.7 Å². The zero-order valence-electron chi connectivity index (χ0n) is 15.1. The lowest BCUT2D eigenvalue weighted by Gasteiger charge is -2.33. The van der Waals surface area contributed by atoms with Crippen molar-refractivity contribution in [3.05, 3.63) is 59.1 Å². The van der Waals surface area contributed by atoms with E-state index in [-0.39, 0.29) is 23.4 Å². The Morgan fingerprint density at radius 2 is 1.67 bits per heavy atom. The fourth-order valence-corrected chi connectivity index (χ4v) is 3.37. The summed E-state index contributed by atoms with van der Waals surface area (Å²) in [6.45, 7) is 2.79. The molecular weight excluding hydrogens is 366 g/mol. The average Bonchev–Trinajstić information content (AvgIpc) is 2.69. The van der Waals surface area contributed by atoms with Gasteiger partial charge in [-0.1, -0.05) is 11.6 Å². The number of amides is 1. The van der Waals surface area contributed by atoms with Crippen molar-refractivity contribution in [1.29, 1.82) is 0 Å². The number of Topliss-reactive ketones (excluding diaryl/α,β-unsaturated/α-hetero) is 1. The lowest BCUT2D eigenvalue weighted by Crippen LogP contribution is -2.45. The number of ketones is 1. The maximum atomic E-state index is 12.6. The largest absolute Gasteiger partial charge is 0.508 e. The second kappa shape index (κ2) is 8.44. The lowest BCUT2D eigenvalue weighted by molar-refractivity contribution is -0.139. The van der Waals surface area contributed by atoms with E-state index in [0.29, 0.717) is 42.3 Å². The Morgan fingerprint density at radius 3 is 2.26 bits per heavy atom. The van der Waals surface area contributed by atoms with E-state index in [1.807, 2.05) is 0 Å². The third-order valence-electron chi connectivity index (χ3n) is 4.80. The molecule has 2 aromatic carbocycles. The minimum Gasteiger partial charge on any atom is -0.508 e. The number of phenolic OH excluding ortho intramolecular Hbond substituents is 1. The van der Waals surface area contributed by atoms with Crippen LogP contribution in [0.2, 0.25) is 5.02 Å². The number of ether oxygens (including phenoxy) is 1. The van der Waals surface area contributed by atoms with Crippen LogP contribution in [0.1, 0.15) is 30.1 Å². The maximum Gasteiger partial charge on any atom is 0.263 e. The molecule has 6 heteroatoms. The number of hydrogen-bond donors (Lipinski definition) is 1. The molecule has 0 saturated carbocycles. The van der Waals surface area contributed by atoms with Gasteiger partial charge in [-0.25, -0.2) is 0 Å². The van der Waals surface area contributed by atoms with Crippen LogP contribution in [0.25, 0.3) is 0 Å². The second-order valence-corrected chi connectivity index (χ2v) is 7.16. The van der Waals surface area contributed by atoms with Gasteiger partial charge in [-0.15, -0.1) is 0 Å². The van der Waals surface area contributed by atoms with E-state index in [1.54, 1.807) is 48.2 Å². The fraction of sp³-hybridized carbons (Fsp3) is 0.333. The number of likely N-dealkylation sites (tertiary alicyclic amines) is 1. The molecule has 27 heavy (non-hydrogen) atoms. The quantitative estimate of drug-likeness (QED) is 0.789. The Morgan fingerprint density at radius 1 is 1.07 bits per heavy atom. The topological polar surface area (TPSA) is 66.8 Å². The summed E-state index contributed by atoms with van der Waals surface area (Å²) >= 11 is 5.85. The molecule has 1 saturated heterocycles. The van der Waals surface area contributed by atoms with Crippen molar-refractivity contribution < 1.29 is 19.4 Å². The predicted molar refractivity (Wildman–Crippen MR) is 103 cm³/mol. The number of hydrogen-bond acceptors (Lipinski definition) is 4. The zero-order chi connectivity index (χ0) is 19.4. The first-order valence-electron chi connectivity index (χ1n) is 8.98. The Balaban J connectivity index is 1.53. The SMILES string of the molecule is C[C@H](Oc1ccc(Cl)cc1)C(=O)N1CCC(C(=O)c2ccc(O)cc2)CC1. The number of carbonyl (C=O) groups is 2. The van der Waals surface area contributed by atoms with Crippen molar-refractivity contribution in [2.75, 3.05) is 13.1 Å². The fourth-order valence-electron chi connectivity index (χ4n) is 3.25. The van der Waals surface area contributed by atoms with Crippen LogP contribution in [0.15, 0.2) is 48.5 Å². The minimum atomic E-state index is -0.601. The maximum absolute atomic E-state index is 12.6. The van der Waals surface area contributed by atoms with Gasteiger partial charge in [0.1, 0.15) is 11.5 Å². The van der Waals surface area contributed by atoms with E-state index < -0.39 is 6.10 Å². The van der Waals surface area contributed by atoms with E-state index in [2.05, 4.69) is 0 Å². The van der Waals surface area contributed by atoms with Gasteiger partial charge in [0, 0.05) is 29.6 Å². The number of halogens is 1. The third-order valence-corrected chi connectivity index (χ3v) is 5.06. The number of phenols is 1. The molecule has 2 aromatic rings. The molecule has 142 valence electrons. The van der Waals surface area contributed by atoms with Gasteiger partial charge >= 0.3 is 0 Å². The average molecular weight is 388 g/mol. The first kappa shape index (κ1) is 19.2. The molecule has 3 rings (SSSR count). The van der Waals surface area contributed by atoms with Crippen molar-refractivity contribution in [2.24, 2.45) is 5.92 Å². The van der Waals surface area contributed by atoms with Gasteiger partial charge in [0.15, 0.2) is 11.9 Å². The zero-order valence-corrected chi connectivity index (χ0v) is 15.9. The second-order valence-electron chi connectivity index (χ2n) is 6.72. The molecule has 1 aliphatic rings. The number of aromatic hydroxyl groups is 1. The van der Waals surface area contributed by atoms with Gasteiger partial charge in [0.25, 0.3) is 5.91 Å². The van der Waals surface area contributed by atoms with Crippen molar-refractivity contribution in [1.82, 2.24) is 4.90 Å². The summed E-state index contributed by atoms with van der Waals surface area (Å²) in [7, 11) is 0. The highest BCUT2D eigenvalue weighted by atomic mass is 35.5. The summed E-state index contributed by atoms with van der Waals surface area (Å²) in [4.78, 5) is 26.9. The Kier molecular flexibility index (Phi) is 6.01. The van der Waals surface area contributed by atoms with Gasteiger partial charge < -0.3 is 14.7 Å². The molecule has 1 fully saturated rings. The number of nitrogens with zero attached hydrogens (tertiary/aromatic N) is 1. The molecule has 0 aromatic heterocycles. The van der Waals surface area contributed by atoms with Crippen LogP contribution in [0.4, 0.5) is 0 Å². The number of piperidine rings is 1. The van der Waals surface area contributed by atoms with Crippen LogP contribution < -0.4 is 4.74 Å². The highest BCUT2D eigenvalue weighted by molar-refractivity contribution is 6.30. The number of benzene rings is 2. The van der Waals surface area contributed by atoms with Crippen molar-refractivity contribution in [3.63, 3.8) is 0 Å². The van der Waals surface area contributed by atoms with E-state index in [1.165, 1.54) is 12.1 Å². The van der Waals surface area contributed by atoms with Crippen LogP contribution in [-0.2, 0) is 4.79 Å². The standard InChI is InChI=1S/C21H22ClNO4/c1-14(27-19-8-4-17(22)5-9-19)21(26)23-12-10-16(11-13-23)20(25)15-2-6-18(24)7-3-15/h2-9,14,16,24H,10-13H2,1H3/t14-/m0/s1.